The van der Waals surface area contributed by atoms with Crippen LogP contribution in [0.1, 0.15) is 12.6 Å². The van der Waals surface area contributed by atoms with Crippen molar-refractivity contribution in [3.8, 4) is 0 Å². The predicted molar refractivity (Wildman–Crippen MR) is 69.9 cm³/mol. The summed E-state index contributed by atoms with van der Waals surface area (Å²) in [6.45, 7) is 4.19. The minimum absolute atomic E-state index is 0.319. The summed E-state index contributed by atoms with van der Waals surface area (Å²) in [6, 6.07) is 5.63. The zero-order valence-corrected chi connectivity index (χ0v) is 10.5. The molecule has 2 N–H and O–H groups in total. The fourth-order valence-electron chi connectivity index (χ4n) is 1.23. The minimum atomic E-state index is 0.319. The van der Waals surface area contributed by atoms with Crippen LogP contribution in [0.3, 0.4) is 0 Å². The van der Waals surface area contributed by atoms with Crippen LogP contribution in [-0.2, 0) is 4.74 Å². The number of anilines is 1. The molecule has 1 rings (SSSR count). The van der Waals surface area contributed by atoms with Crippen LogP contribution in [0.2, 0.25) is 0 Å². The molecule has 16 heavy (non-hydrogen) atoms. The Morgan fingerprint density at radius 1 is 1.56 bits per heavy atom. The molecule has 0 aliphatic carbocycles. The Morgan fingerprint density at radius 3 is 2.94 bits per heavy atom. The molecule has 0 aromatic carbocycles. The van der Waals surface area contributed by atoms with Crippen LogP contribution in [0.4, 0.5) is 5.82 Å². The third-order valence-corrected chi connectivity index (χ3v) is 2.36. The Labute approximate surface area is 101 Å². The molecule has 5 heteroatoms. The Hall–Kier alpha value is -1.20. The van der Waals surface area contributed by atoms with E-state index in [2.05, 4.69) is 4.98 Å². The van der Waals surface area contributed by atoms with Crippen LogP contribution in [-0.4, -0.2) is 36.8 Å². The van der Waals surface area contributed by atoms with Crippen molar-refractivity contribution in [2.45, 2.75) is 6.92 Å². The van der Waals surface area contributed by atoms with E-state index < -0.39 is 0 Å². The smallest absolute Gasteiger partial charge is 0.129 e. The minimum Gasteiger partial charge on any atom is -0.388 e. The standard InChI is InChI=1S/C11H17N3OS/c1-3-15-8-7-14(2)10-6-4-5-9(13-10)11(12)16/h4-6H,3,7-8H2,1-2H3,(H2,12,16). The van der Waals surface area contributed by atoms with Crippen molar-refractivity contribution < 1.29 is 4.74 Å². The number of ether oxygens (including phenoxy) is 1. The first kappa shape index (κ1) is 12.9. The van der Waals surface area contributed by atoms with Gasteiger partial charge in [-0.05, 0) is 19.1 Å². The second kappa shape index (κ2) is 6.40. The van der Waals surface area contributed by atoms with Gasteiger partial charge in [-0.2, -0.15) is 0 Å². The third-order valence-electron chi connectivity index (χ3n) is 2.15. The molecule has 0 fully saturated rings. The summed E-state index contributed by atoms with van der Waals surface area (Å²) >= 11 is 4.89. The SMILES string of the molecule is CCOCCN(C)c1cccc(C(N)=S)n1. The second-order valence-electron chi connectivity index (χ2n) is 3.36. The molecule has 1 heterocycles. The Morgan fingerprint density at radius 2 is 2.31 bits per heavy atom. The molecule has 0 aliphatic heterocycles. The molecule has 0 aliphatic rings. The summed E-state index contributed by atoms with van der Waals surface area (Å²) in [5, 5.41) is 0. The summed E-state index contributed by atoms with van der Waals surface area (Å²) in [7, 11) is 1.96. The maximum Gasteiger partial charge on any atom is 0.129 e. The van der Waals surface area contributed by atoms with Crippen LogP contribution in [0.5, 0.6) is 0 Å². The summed E-state index contributed by atoms with van der Waals surface area (Å²) in [6.07, 6.45) is 0. The molecular weight excluding hydrogens is 222 g/mol. The molecule has 0 spiro atoms. The van der Waals surface area contributed by atoms with Gasteiger partial charge in [0.25, 0.3) is 0 Å². The second-order valence-corrected chi connectivity index (χ2v) is 3.80. The number of nitrogens with zero attached hydrogens (tertiary/aromatic N) is 2. The van der Waals surface area contributed by atoms with E-state index >= 15 is 0 Å². The van der Waals surface area contributed by atoms with Gasteiger partial charge in [0.2, 0.25) is 0 Å². The van der Waals surface area contributed by atoms with Gasteiger partial charge in [-0.1, -0.05) is 18.3 Å². The molecule has 88 valence electrons. The van der Waals surface area contributed by atoms with Crippen LogP contribution in [0.15, 0.2) is 18.2 Å². The zero-order valence-electron chi connectivity index (χ0n) is 9.64. The number of rotatable bonds is 6. The summed E-state index contributed by atoms with van der Waals surface area (Å²) < 4.78 is 5.28. The molecule has 0 saturated carbocycles. The monoisotopic (exact) mass is 239 g/mol. The molecule has 0 unspecified atom stereocenters. The molecular formula is C11H17N3OS. The highest BCUT2D eigenvalue weighted by molar-refractivity contribution is 7.80. The number of aromatic nitrogens is 1. The molecule has 0 amide bonds. The van der Waals surface area contributed by atoms with Crippen molar-refractivity contribution in [1.29, 1.82) is 0 Å². The van der Waals surface area contributed by atoms with E-state index in [1.807, 2.05) is 37.1 Å². The van der Waals surface area contributed by atoms with E-state index in [0.29, 0.717) is 17.3 Å². The quantitative estimate of drug-likeness (QED) is 0.597. The lowest BCUT2D eigenvalue weighted by Crippen LogP contribution is -2.24. The normalized spacial score (nSPS) is 10.1. The van der Waals surface area contributed by atoms with E-state index in [1.54, 1.807) is 0 Å². The van der Waals surface area contributed by atoms with Gasteiger partial charge in [-0.3, -0.25) is 0 Å². The summed E-state index contributed by atoms with van der Waals surface area (Å²) in [4.78, 5) is 6.69. The van der Waals surface area contributed by atoms with Gasteiger partial charge >= 0.3 is 0 Å². The van der Waals surface area contributed by atoms with Crippen LogP contribution < -0.4 is 10.6 Å². The largest absolute Gasteiger partial charge is 0.388 e. The molecule has 1 aromatic rings. The predicted octanol–water partition coefficient (Wildman–Crippen LogP) is 1.19. The maximum atomic E-state index is 5.53. The highest BCUT2D eigenvalue weighted by atomic mass is 32.1. The average molecular weight is 239 g/mol. The lowest BCUT2D eigenvalue weighted by atomic mass is 10.3. The third kappa shape index (κ3) is 3.75. The fourth-order valence-corrected chi connectivity index (χ4v) is 1.35. The first-order chi connectivity index (χ1) is 7.65. The molecule has 1 aromatic heterocycles. The van der Waals surface area contributed by atoms with Gasteiger partial charge in [-0.15, -0.1) is 0 Å². The first-order valence-electron chi connectivity index (χ1n) is 5.21. The van der Waals surface area contributed by atoms with Crippen molar-refractivity contribution >= 4 is 23.0 Å². The van der Waals surface area contributed by atoms with E-state index in [9.17, 15) is 0 Å². The van der Waals surface area contributed by atoms with Crippen LogP contribution >= 0.6 is 12.2 Å². The Kier molecular flexibility index (Phi) is 5.14. The van der Waals surface area contributed by atoms with E-state index in [1.165, 1.54) is 0 Å². The number of pyridine rings is 1. The number of nitrogens with two attached hydrogens (primary N) is 1. The van der Waals surface area contributed by atoms with Crippen molar-refractivity contribution in [2.75, 3.05) is 31.7 Å². The highest BCUT2D eigenvalue weighted by Crippen LogP contribution is 2.09. The Bertz CT molecular complexity index is 357. The van der Waals surface area contributed by atoms with Crippen molar-refractivity contribution in [3.63, 3.8) is 0 Å². The van der Waals surface area contributed by atoms with Gasteiger partial charge < -0.3 is 15.4 Å². The van der Waals surface area contributed by atoms with Crippen LogP contribution in [0.25, 0.3) is 0 Å². The molecule has 0 saturated heterocycles. The van der Waals surface area contributed by atoms with Crippen molar-refractivity contribution in [1.82, 2.24) is 4.98 Å². The van der Waals surface area contributed by atoms with Gasteiger partial charge in [0, 0.05) is 20.2 Å². The first-order valence-corrected chi connectivity index (χ1v) is 5.61. The van der Waals surface area contributed by atoms with Crippen molar-refractivity contribution in [2.24, 2.45) is 5.73 Å². The topological polar surface area (TPSA) is 51.4 Å². The average Bonchev–Trinajstić information content (AvgIpc) is 2.29. The van der Waals surface area contributed by atoms with Gasteiger partial charge in [0.1, 0.15) is 10.8 Å². The highest BCUT2D eigenvalue weighted by Gasteiger charge is 2.04. The molecule has 0 bridgehead atoms. The lowest BCUT2D eigenvalue weighted by molar-refractivity contribution is 0.154. The molecule has 0 radical (unpaired) electrons. The number of hydrogen-bond acceptors (Lipinski definition) is 4. The van der Waals surface area contributed by atoms with Crippen molar-refractivity contribution in [3.05, 3.63) is 23.9 Å². The molecule has 4 nitrogen and oxygen atoms in total. The summed E-state index contributed by atoms with van der Waals surface area (Å²) in [5.74, 6) is 0.852. The van der Waals surface area contributed by atoms with Gasteiger partial charge in [-0.25, -0.2) is 4.98 Å². The van der Waals surface area contributed by atoms with Gasteiger partial charge in [0.15, 0.2) is 0 Å². The number of hydrogen-bond donors (Lipinski definition) is 1. The van der Waals surface area contributed by atoms with Crippen LogP contribution in [0, 0.1) is 0 Å². The Balaban J connectivity index is 2.64. The maximum absolute atomic E-state index is 5.53. The number of likely N-dealkylation sites (N-methyl/N-ethyl adjacent to an activating group) is 1. The van der Waals surface area contributed by atoms with E-state index in [4.69, 9.17) is 22.7 Å². The van der Waals surface area contributed by atoms with E-state index in [-0.39, 0.29) is 0 Å². The van der Waals surface area contributed by atoms with E-state index in [0.717, 1.165) is 19.0 Å². The summed E-state index contributed by atoms with van der Waals surface area (Å²) in [5.41, 5.74) is 6.18. The van der Waals surface area contributed by atoms with Gasteiger partial charge in [0.05, 0.1) is 12.3 Å². The lowest BCUT2D eigenvalue weighted by Gasteiger charge is -2.18. The zero-order chi connectivity index (χ0) is 12.0. The molecule has 0 atom stereocenters. The fraction of sp³-hybridized carbons (Fsp3) is 0.455. The number of thiocarbonyl (C=S) groups is 1.